The summed E-state index contributed by atoms with van der Waals surface area (Å²) in [6, 6.07) is 0. The first-order valence-corrected chi connectivity index (χ1v) is 34.5. The second-order valence-corrected chi connectivity index (χ2v) is 27.0. The van der Waals surface area contributed by atoms with E-state index < -0.39 is 177 Å². The molecule has 0 aromatic rings. The van der Waals surface area contributed by atoms with E-state index in [0.29, 0.717) is 44.9 Å². The van der Waals surface area contributed by atoms with Gasteiger partial charge in [-0.2, -0.15) is 0 Å². The standard InChI is InChI=1S/C69H126O24/c1-6-7-8-9-10-11-12-13-14-15-16-17-18-19-31-50(76)62(86)69-63(87)54(80)39-55(93-69)64(88)60(84)43(4)34-36-52(78)68-67(91)66(90)65(89)56(92-68)38-53(79)57(81)41(2)24-20-32-49(75)61(85)59(83)42(3)33-35-51(77)58(82)44(5)37-47(73)29-22-27-45(71)25-21-26-46(72)28-23-30-48(74)40-70/h6-8,19,23,28,31,41-42,44-91H,1,4,9-18,20-22,24-27,29-30,32-40H2,2-3,5H3/b8-7+,28-23+,31-19+. The first-order valence-electron chi connectivity index (χ1n) is 34.5. The lowest BCUT2D eigenvalue weighted by molar-refractivity contribution is -0.250. The molecule has 2 saturated heterocycles. The third-order valence-electron chi connectivity index (χ3n) is 18.9. The molecule has 0 radical (unpaired) electrons. The summed E-state index contributed by atoms with van der Waals surface area (Å²) >= 11 is 0. The first-order chi connectivity index (χ1) is 44.0. The highest BCUT2D eigenvalue weighted by atomic mass is 16.6. The van der Waals surface area contributed by atoms with Gasteiger partial charge in [0, 0.05) is 12.8 Å². The van der Waals surface area contributed by atoms with Gasteiger partial charge < -0.3 is 122 Å². The fourth-order valence-corrected chi connectivity index (χ4v) is 12.4. The van der Waals surface area contributed by atoms with Gasteiger partial charge in [-0.15, -0.1) is 0 Å². The van der Waals surface area contributed by atoms with Crippen molar-refractivity contribution in [2.24, 2.45) is 17.8 Å². The maximum atomic E-state index is 11.2. The van der Waals surface area contributed by atoms with Crippen molar-refractivity contribution in [3.05, 3.63) is 61.3 Å². The van der Waals surface area contributed by atoms with Crippen LogP contribution in [0, 0.1) is 17.8 Å². The largest absolute Gasteiger partial charge is 0.394 e. The average molecular weight is 1340 g/mol. The zero-order valence-electron chi connectivity index (χ0n) is 55.6. The van der Waals surface area contributed by atoms with E-state index in [1.807, 2.05) is 6.08 Å². The monoisotopic (exact) mass is 1340 g/mol. The molecule has 2 aliphatic rings. The van der Waals surface area contributed by atoms with Crippen LogP contribution in [-0.2, 0) is 9.47 Å². The van der Waals surface area contributed by atoms with Gasteiger partial charge in [0.05, 0.1) is 92.1 Å². The van der Waals surface area contributed by atoms with Crippen molar-refractivity contribution < 1.29 is 122 Å². The fraction of sp³-hybridized carbons (Fsp3) is 0.855. The summed E-state index contributed by atoms with van der Waals surface area (Å²) in [5.41, 5.74) is -0.0399. The third kappa shape index (κ3) is 32.5. The van der Waals surface area contributed by atoms with Crippen LogP contribution in [0.25, 0.3) is 0 Å². The van der Waals surface area contributed by atoms with Gasteiger partial charge >= 0.3 is 0 Å². The van der Waals surface area contributed by atoms with Crippen molar-refractivity contribution >= 4 is 0 Å². The Balaban J connectivity index is 1.78. The molecule has 0 bridgehead atoms. The van der Waals surface area contributed by atoms with Crippen LogP contribution in [-0.4, -0.2) is 272 Å². The molecule has 0 aromatic heterocycles. The molecule has 2 aliphatic heterocycles. The van der Waals surface area contributed by atoms with Gasteiger partial charge in [0.25, 0.3) is 0 Å². The average Bonchev–Trinajstić information content (AvgIpc) is 0.832. The molecule has 2 rings (SSSR count). The van der Waals surface area contributed by atoms with E-state index in [1.165, 1.54) is 25.3 Å². The maximum absolute atomic E-state index is 11.2. The zero-order valence-corrected chi connectivity index (χ0v) is 55.6. The van der Waals surface area contributed by atoms with Gasteiger partial charge in [-0.25, -0.2) is 0 Å². The summed E-state index contributed by atoms with van der Waals surface area (Å²) in [6.45, 7) is 12.0. The quantitative estimate of drug-likeness (QED) is 0.0229. The number of allylic oxidation sites excluding steroid dienone is 4. The molecule has 28 unspecified atom stereocenters. The van der Waals surface area contributed by atoms with E-state index in [9.17, 15) is 107 Å². The number of ether oxygens (including phenoxy) is 2. The summed E-state index contributed by atoms with van der Waals surface area (Å²) in [6.07, 6.45) is -10.8. The number of aliphatic hydroxyl groups excluding tert-OH is 22. The smallest absolute Gasteiger partial charge is 0.115 e. The minimum absolute atomic E-state index is 0.0239. The van der Waals surface area contributed by atoms with Crippen molar-refractivity contribution in [1.29, 1.82) is 0 Å². The van der Waals surface area contributed by atoms with Gasteiger partial charge in [-0.3, -0.25) is 0 Å². The number of unbranched alkanes of at least 4 members (excludes halogenated alkanes) is 9. The van der Waals surface area contributed by atoms with Crippen LogP contribution in [0.1, 0.15) is 194 Å². The second-order valence-electron chi connectivity index (χ2n) is 27.0. The normalized spacial score (nSPS) is 27.9. The van der Waals surface area contributed by atoms with Gasteiger partial charge in [0.1, 0.15) is 67.1 Å². The molecule has 0 aromatic carbocycles. The Labute approximate surface area is 552 Å². The van der Waals surface area contributed by atoms with Crippen molar-refractivity contribution in [3.63, 3.8) is 0 Å². The Morgan fingerprint density at radius 2 is 1.04 bits per heavy atom. The molecule has 22 N–H and O–H groups in total. The van der Waals surface area contributed by atoms with E-state index in [-0.39, 0.29) is 76.4 Å². The van der Waals surface area contributed by atoms with Crippen molar-refractivity contribution in [3.8, 4) is 0 Å². The van der Waals surface area contributed by atoms with Gasteiger partial charge in [-0.1, -0.05) is 121 Å². The van der Waals surface area contributed by atoms with Crippen LogP contribution in [0.3, 0.4) is 0 Å². The Morgan fingerprint density at radius 1 is 0.484 bits per heavy atom. The molecule has 2 fully saturated rings. The van der Waals surface area contributed by atoms with Crippen LogP contribution < -0.4 is 0 Å². The molecule has 2 heterocycles. The van der Waals surface area contributed by atoms with Crippen LogP contribution in [0.5, 0.6) is 0 Å². The molecular weight excluding hydrogens is 1210 g/mol. The van der Waals surface area contributed by atoms with E-state index in [2.05, 4.69) is 19.2 Å². The molecule has 0 saturated carbocycles. The third-order valence-corrected chi connectivity index (χ3v) is 18.9. The topological polar surface area (TPSA) is 464 Å². The molecule has 0 spiro atoms. The Kier molecular flexibility index (Phi) is 44.5. The molecule has 0 aliphatic carbocycles. The summed E-state index contributed by atoms with van der Waals surface area (Å²) in [7, 11) is 0. The molecular formula is C69H126O24. The molecule has 28 atom stereocenters. The van der Waals surface area contributed by atoms with Crippen LogP contribution >= 0.6 is 0 Å². The zero-order chi connectivity index (χ0) is 69.9. The highest BCUT2D eigenvalue weighted by Gasteiger charge is 2.49. The minimum Gasteiger partial charge on any atom is -0.394 e. The highest BCUT2D eigenvalue weighted by Crippen LogP contribution is 2.33. The van der Waals surface area contributed by atoms with E-state index in [1.54, 1.807) is 45.1 Å². The lowest BCUT2D eigenvalue weighted by Gasteiger charge is -2.43. The summed E-state index contributed by atoms with van der Waals surface area (Å²) in [5, 5.41) is 235. The van der Waals surface area contributed by atoms with E-state index in [4.69, 9.17) is 14.6 Å². The van der Waals surface area contributed by atoms with E-state index in [0.717, 1.165) is 38.5 Å². The van der Waals surface area contributed by atoms with Gasteiger partial charge in [-0.05, 0) is 139 Å². The second kappa shape index (κ2) is 47.7. The number of hydrogen-bond acceptors (Lipinski definition) is 24. The molecule has 0 amide bonds. The van der Waals surface area contributed by atoms with Crippen molar-refractivity contribution in [1.82, 2.24) is 0 Å². The number of rotatable bonds is 52. The van der Waals surface area contributed by atoms with Crippen LogP contribution in [0.2, 0.25) is 0 Å². The lowest BCUT2D eigenvalue weighted by atomic mass is 9.85. The fourth-order valence-electron chi connectivity index (χ4n) is 12.4. The van der Waals surface area contributed by atoms with Gasteiger partial charge in [0.2, 0.25) is 0 Å². The highest BCUT2D eigenvalue weighted by molar-refractivity contribution is 5.09. The predicted octanol–water partition coefficient (Wildman–Crippen LogP) is 0.944. The Morgan fingerprint density at radius 3 is 1.67 bits per heavy atom. The predicted molar refractivity (Wildman–Crippen MR) is 349 cm³/mol. The molecule has 24 heteroatoms. The minimum atomic E-state index is -1.87. The Bertz CT molecular complexity index is 2020. The van der Waals surface area contributed by atoms with Crippen LogP contribution in [0.15, 0.2) is 61.3 Å². The summed E-state index contributed by atoms with van der Waals surface area (Å²) in [4.78, 5) is 0. The molecule has 546 valence electrons. The first kappa shape index (κ1) is 86.8. The van der Waals surface area contributed by atoms with Crippen LogP contribution in [0.4, 0.5) is 0 Å². The molecule has 93 heavy (non-hydrogen) atoms. The summed E-state index contributed by atoms with van der Waals surface area (Å²) in [5.74, 6) is -1.78. The maximum Gasteiger partial charge on any atom is 0.115 e. The summed E-state index contributed by atoms with van der Waals surface area (Å²) < 4.78 is 11.6. The van der Waals surface area contributed by atoms with Crippen molar-refractivity contribution in [2.75, 3.05) is 6.61 Å². The van der Waals surface area contributed by atoms with E-state index >= 15 is 0 Å². The molecule has 24 nitrogen and oxygen atoms in total. The van der Waals surface area contributed by atoms with Gasteiger partial charge in [0.15, 0.2) is 0 Å². The number of aliphatic hydroxyl groups is 22. The van der Waals surface area contributed by atoms with Crippen molar-refractivity contribution in [2.45, 2.75) is 347 Å². The Hall–Kier alpha value is -2.26. The SMILES string of the molecule is C=C/C=C/CCCCCCCCCC/C=C/C(O)C(O)C1OC(C(O)C(O)C(=C)CCC(O)C2OC(CC(O)C(O)C(C)CCCC(O)C(O)C(O)C(C)CCC(O)C(O)C(C)CC(O)CCCC(O)CCCC(O)/C=C/CC(O)CO)C(O)C(O)C2O)CC(O)C1O. The number of hydrogen-bond donors (Lipinski definition) is 22. The lowest BCUT2D eigenvalue weighted by Crippen LogP contribution is -2.61.